The van der Waals surface area contributed by atoms with Gasteiger partial charge in [-0.05, 0) is 12.8 Å². The second kappa shape index (κ2) is 4.40. The van der Waals surface area contributed by atoms with Gasteiger partial charge in [0, 0.05) is 27.5 Å². The summed E-state index contributed by atoms with van der Waals surface area (Å²) < 4.78 is 11.3. The van der Waals surface area contributed by atoms with Crippen LogP contribution in [-0.2, 0) is 15.6 Å². The Labute approximate surface area is 73.9 Å². The molecule has 0 radical (unpaired) electrons. The standard InChI is InChI=1S/C8H12O3S/c9-8(10)5-6-12(11)7-3-1-2-4-7/h5-7H,1-4H2,(H,9,10)/b6-5+. The van der Waals surface area contributed by atoms with E-state index in [1.54, 1.807) is 0 Å². The average molecular weight is 188 g/mol. The fourth-order valence-corrected chi connectivity index (χ4v) is 2.63. The summed E-state index contributed by atoms with van der Waals surface area (Å²) in [5.41, 5.74) is 0. The van der Waals surface area contributed by atoms with Crippen LogP contribution in [0.15, 0.2) is 11.5 Å². The molecular formula is C8H12O3S. The van der Waals surface area contributed by atoms with Crippen LogP contribution in [0.3, 0.4) is 0 Å². The summed E-state index contributed by atoms with van der Waals surface area (Å²) in [5.74, 6) is -1.03. The van der Waals surface area contributed by atoms with Gasteiger partial charge in [0.15, 0.2) is 0 Å². The molecule has 1 saturated carbocycles. The third-order valence-corrected chi connectivity index (χ3v) is 3.51. The normalized spacial score (nSPS) is 21.7. The molecule has 12 heavy (non-hydrogen) atoms. The van der Waals surface area contributed by atoms with Crippen molar-refractivity contribution < 1.29 is 14.1 Å². The minimum Gasteiger partial charge on any atom is -0.478 e. The first-order valence-corrected chi connectivity index (χ1v) is 5.28. The number of aliphatic carboxylic acids is 1. The SMILES string of the molecule is O=C(O)/C=C/S(=O)C1CCCC1. The van der Waals surface area contributed by atoms with Crippen molar-refractivity contribution in [1.82, 2.24) is 0 Å². The van der Waals surface area contributed by atoms with Crippen molar-refractivity contribution in [2.75, 3.05) is 0 Å². The molecule has 4 heteroatoms. The molecule has 3 nitrogen and oxygen atoms in total. The van der Waals surface area contributed by atoms with E-state index in [4.69, 9.17) is 5.11 Å². The van der Waals surface area contributed by atoms with Crippen LogP contribution in [-0.4, -0.2) is 20.5 Å². The highest BCUT2D eigenvalue weighted by Crippen LogP contribution is 2.23. The van der Waals surface area contributed by atoms with Crippen LogP contribution in [0.5, 0.6) is 0 Å². The van der Waals surface area contributed by atoms with Crippen LogP contribution < -0.4 is 0 Å². The summed E-state index contributed by atoms with van der Waals surface area (Å²) in [6.07, 6.45) is 5.15. The van der Waals surface area contributed by atoms with Gasteiger partial charge in [-0.1, -0.05) is 12.8 Å². The molecule has 0 amide bonds. The molecule has 1 fully saturated rings. The molecule has 0 aromatic heterocycles. The van der Waals surface area contributed by atoms with Crippen molar-refractivity contribution in [2.24, 2.45) is 0 Å². The maximum atomic E-state index is 11.3. The Morgan fingerprint density at radius 2 is 2.00 bits per heavy atom. The molecule has 68 valence electrons. The van der Waals surface area contributed by atoms with Gasteiger partial charge in [0.2, 0.25) is 0 Å². The van der Waals surface area contributed by atoms with Gasteiger partial charge in [0.05, 0.1) is 0 Å². The van der Waals surface area contributed by atoms with Crippen LogP contribution in [0.1, 0.15) is 25.7 Å². The maximum absolute atomic E-state index is 11.3. The first-order chi connectivity index (χ1) is 5.70. The lowest BCUT2D eigenvalue weighted by atomic mass is 10.4. The monoisotopic (exact) mass is 188 g/mol. The second-order valence-electron chi connectivity index (χ2n) is 2.88. The number of hydrogen-bond acceptors (Lipinski definition) is 2. The van der Waals surface area contributed by atoms with Crippen LogP contribution in [0.4, 0.5) is 0 Å². The molecule has 1 unspecified atom stereocenters. The fraction of sp³-hybridized carbons (Fsp3) is 0.625. The van der Waals surface area contributed by atoms with Gasteiger partial charge in [0.25, 0.3) is 0 Å². The molecule has 0 heterocycles. The lowest BCUT2D eigenvalue weighted by Crippen LogP contribution is -2.07. The Morgan fingerprint density at radius 3 is 2.50 bits per heavy atom. The van der Waals surface area contributed by atoms with Crippen LogP contribution in [0.2, 0.25) is 0 Å². The van der Waals surface area contributed by atoms with Crippen molar-refractivity contribution >= 4 is 16.8 Å². The maximum Gasteiger partial charge on any atom is 0.328 e. The lowest BCUT2D eigenvalue weighted by Gasteiger charge is -2.02. The first-order valence-electron chi connectivity index (χ1n) is 4.00. The quantitative estimate of drug-likeness (QED) is 0.679. The summed E-state index contributed by atoms with van der Waals surface area (Å²) in [6.45, 7) is 0. The Balaban J connectivity index is 2.42. The summed E-state index contributed by atoms with van der Waals surface area (Å²) >= 11 is 0. The zero-order chi connectivity index (χ0) is 8.97. The fourth-order valence-electron chi connectivity index (χ4n) is 1.36. The van der Waals surface area contributed by atoms with E-state index in [1.807, 2.05) is 0 Å². The topological polar surface area (TPSA) is 54.4 Å². The van der Waals surface area contributed by atoms with Crippen LogP contribution >= 0.6 is 0 Å². The van der Waals surface area contributed by atoms with Gasteiger partial charge in [-0.2, -0.15) is 0 Å². The van der Waals surface area contributed by atoms with Crippen LogP contribution in [0.25, 0.3) is 0 Å². The molecular weight excluding hydrogens is 176 g/mol. The predicted molar refractivity (Wildman–Crippen MR) is 47.2 cm³/mol. The van der Waals surface area contributed by atoms with Gasteiger partial charge >= 0.3 is 5.97 Å². The Hall–Kier alpha value is -0.640. The summed E-state index contributed by atoms with van der Waals surface area (Å²) in [7, 11) is -1.08. The number of rotatable bonds is 3. The van der Waals surface area contributed by atoms with E-state index < -0.39 is 16.8 Å². The molecule has 0 aliphatic heterocycles. The lowest BCUT2D eigenvalue weighted by molar-refractivity contribution is -0.131. The molecule has 0 bridgehead atoms. The summed E-state index contributed by atoms with van der Waals surface area (Å²) in [5, 5.41) is 9.77. The van der Waals surface area contributed by atoms with Crippen molar-refractivity contribution in [1.29, 1.82) is 0 Å². The average Bonchev–Trinajstić information content (AvgIpc) is 2.51. The van der Waals surface area contributed by atoms with E-state index in [9.17, 15) is 9.00 Å². The largest absolute Gasteiger partial charge is 0.478 e. The smallest absolute Gasteiger partial charge is 0.328 e. The van der Waals surface area contributed by atoms with E-state index >= 15 is 0 Å². The molecule has 1 aliphatic rings. The number of carbonyl (C=O) groups is 1. The third-order valence-electron chi connectivity index (χ3n) is 1.98. The van der Waals surface area contributed by atoms with Gasteiger partial charge in [-0.15, -0.1) is 0 Å². The zero-order valence-corrected chi connectivity index (χ0v) is 7.55. The van der Waals surface area contributed by atoms with Gasteiger partial charge in [-0.25, -0.2) is 4.79 Å². The molecule has 1 aliphatic carbocycles. The van der Waals surface area contributed by atoms with Gasteiger partial charge < -0.3 is 5.11 Å². The van der Waals surface area contributed by atoms with E-state index in [-0.39, 0.29) is 5.25 Å². The Morgan fingerprint density at radius 1 is 1.42 bits per heavy atom. The number of hydrogen-bond donors (Lipinski definition) is 1. The Kier molecular flexibility index (Phi) is 3.47. The highest BCUT2D eigenvalue weighted by Gasteiger charge is 2.19. The highest BCUT2D eigenvalue weighted by atomic mass is 32.2. The minimum absolute atomic E-state index is 0.195. The summed E-state index contributed by atoms with van der Waals surface area (Å²) in [6, 6.07) is 0. The van der Waals surface area contributed by atoms with Gasteiger partial charge in [-0.3, -0.25) is 4.21 Å². The number of carboxylic acids is 1. The van der Waals surface area contributed by atoms with Crippen molar-refractivity contribution in [2.45, 2.75) is 30.9 Å². The molecule has 1 N–H and O–H groups in total. The highest BCUT2D eigenvalue weighted by molar-refractivity contribution is 7.88. The molecule has 0 saturated heterocycles. The van der Waals surface area contributed by atoms with E-state index in [1.165, 1.54) is 5.41 Å². The number of carboxylic acid groups (broad SMARTS) is 1. The molecule has 0 spiro atoms. The van der Waals surface area contributed by atoms with Crippen LogP contribution in [0, 0.1) is 0 Å². The van der Waals surface area contributed by atoms with E-state index in [2.05, 4.69) is 0 Å². The molecule has 0 aromatic carbocycles. The zero-order valence-electron chi connectivity index (χ0n) is 6.73. The van der Waals surface area contributed by atoms with Gasteiger partial charge in [0.1, 0.15) is 0 Å². The first kappa shape index (κ1) is 9.45. The second-order valence-corrected chi connectivity index (χ2v) is 4.47. The minimum atomic E-state index is -1.08. The third kappa shape index (κ3) is 2.77. The van der Waals surface area contributed by atoms with Crippen molar-refractivity contribution in [3.63, 3.8) is 0 Å². The Bertz CT molecular complexity index is 216. The van der Waals surface area contributed by atoms with Crippen molar-refractivity contribution in [3.05, 3.63) is 11.5 Å². The molecule has 1 rings (SSSR count). The molecule has 1 atom stereocenters. The molecule has 0 aromatic rings. The van der Waals surface area contributed by atoms with E-state index in [0.717, 1.165) is 31.8 Å². The van der Waals surface area contributed by atoms with Crippen molar-refractivity contribution in [3.8, 4) is 0 Å². The van der Waals surface area contributed by atoms with E-state index in [0.29, 0.717) is 0 Å². The predicted octanol–water partition coefficient (Wildman–Crippen LogP) is 1.28. The summed E-state index contributed by atoms with van der Waals surface area (Å²) in [4.78, 5) is 10.1.